The topological polar surface area (TPSA) is 60.0 Å². The first-order valence-corrected chi connectivity index (χ1v) is 6.58. The Balaban J connectivity index is 2.08. The maximum absolute atomic E-state index is 9.46. The van der Waals surface area contributed by atoms with Crippen molar-refractivity contribution in [3.05, 3.63) is 23.8 Å². The lowest BCUT2D eigenvalue weighted by atomic mass is 10.1. The van der Waals surface area contributed by atoms with Crippen molar-refractivity contribution in [1.82, 2.24) is 5.32 Å². The highest BCUT2D eigenvalue weighted by molar-refractivity contribution is 5.44. The molecule has 0 aromatic heterocycles. The zero-order valence-electron chi connectivity index (χ0n) is 11.2. The van der Waals surface area contributed by atoms with Crippen LogP contribution in [0.15, 0.2) is 18.2 Å². The highest BCUT2D eigenvalue weighted by Crippen LogP contribution is 2.32. The molecular formula is C14H21NO4. The van der Waals surface area contributed by atoms with E-state index in [0.29, 0.717) is 26.4 Å². The zero-order chi connectivity index (χ0) is 13.5. The molecule has 1 aliphatic heterocycles. The highest BCUT2D eigenvalue weighted by Gasteiger charge is 2.15. The van der Waals surface area contributed by atoms with Crippen molar-refractivity contribution in [2.45, 2.75) is 12.5 Å². The molecule has 0 radical (unpaired) electrons. The van der Waals surface area contributed by atoms with Crippen molar-refractivity contribution in [3.8, 4) is 11.5 Å². The smallest absolute Gasteiger partial charge is 0.161 e. The first-order valence-electron chi connectivity index (χ1n) is 6.58. The number of rotatable bonds is 6. The fourth-order valence-electron chi connectivity index (χ4n) is 2.02. The Labute approximate surface area is 113 Å². The Bertz CT molecular complexity index is 397. The number of hydrogen-bond acceptors (Lipinski definition) is 5. The van der Waals surface area contributed by atoms with E-state index in [9.17, 15) is 5.11 Å². The minimum atomic E-state index is -0.118. The van der Waals surface area contributed by atoms with E-state index in [4.69, 9.17) is 14.2 Å². The third-order valence-electron chi connectivity index (χ3n) is 3.05. The van der Waals surface area contributed by atoms with Gasteiger partial charge in [-0.1, -0.05) is 6.07 Å². The molecule has 5 nitrogen and oxygen atoms in total. The molecule has 0 amide bonds. The monoisotopic (exact) mass is 267 g/mol. The average Bonchev–Trinajstić information content (AvgIpc) is 2.68. The molecule has 1 unspecified atom stereocenters. The van der Waals surface area contributed by atoms with Crippen molar-refractivity contribution in [2.24, 2.45) is 0 Å². The van der Waals surface area contributed by atoms with E-state index in [1.807, 2.05) is 18.2 Å². The molecule has 5 heteroatoms. The number of aliphatic hydroxyl groups excluding tert-OH is 1. The predicted octanol–water partition coefficient (Wildman–Crippen LogP) is 1.12. The fourth-order valence-corrected chi connectivity index (χ4v) is 2.02. The summed E-state index contributed by atoms with van der Waals surface area (Å²) < 4.78 is 16.2. The molecule has 1 aromatic carbocycles. The summed E-state index contributed by atoms with van der Waals surface area (Å²) in [7, 11) is 1.66. The van der Waals surface area contributed by atoms with Crippen molar-refractivity contribution < 1.29 is 19.3 Å². The van der Waals surface area contributed by atoms with Gasteiger partial charge in [0.25, 0.3) is 0 Å². The number of aliphatic hydroxyl groups is 1. The van der Waals surface area contributed by atoms with Crippen LogP contribution in [0.2, 0.25) is 0 Å². The van der Waals surface area contributed by atoms with Crippen LogP contribution in [0, 0.1) is 0 Å². The molecule has 106 valence electrons. The molecule has 1 atom stereocenters. The van der Waals surface area contributed by atoms with E-state index in [-0.39, 0.29) is 12.6 Å². The van der Waals surface area contributed by atoms with Crippen LogP contribution in [-0.4, -0.2) is 45.2 Å². The number of hydrogen-bond donors (Lipinski definition) is 2. The molecule has 19 heavy (non-hydrogen) atoms. The second-order valence-corrected chi connectivity index (χ2v) is 4.44. The molecule has 0 aliphatic carbocycles. The Morgan fingerprint density at radius 2 is 2.11 bits per heavy atom. The summed E-state index contributed by atoms with van der Waals surface area (Å²) in [5.74, 6) is 1.52. The summed E-state index contributed by atoms with van der Waals surface area (Å²) in [5.41, 5.74) is 0.989. The van der Waals surface area contributed by atoms with Crippen LogP contribution in [0.3, 0.4) is 0 Å². The number of fused-ring (bicyclic) bond motifs is 1. The maximum atomic E-state index is 9.46. The molecule has 0 saturated carbocycles. The maximum Gasteiger partial charge on any atom is 0.161 e. The van der Waals surface area contributed by atoms with Gasteiger partial charge in [-0.25, -0.2) is 0 Å². The Kier molecular flexibility index (Phi) is 5.44. The van der Waals surface area contributed by atoms with Crippen molar-refractivity contribution >= 4 is 0 Å². The summed E-state index contributed by atoms with van der Waals surface area (Å²) in [6.45, 7) is 2.68. The molecule has 0 fully saturated rings. The quantitative estimate of drug-likeness (QED) is 0.756. The molecule has 0 spiro atoms. The fraction of sp³-hybridized carbons (Fsp3) is 0.571. The van der Waals surface area contributed by atoms with Gasteiger partial charge in [0, 0.05) is 20.1 Å². The largest absolute Gasteiger partial charge is 0.490 e. The number of nitrogens with one attached hydrogen (secondary N) is 1. The van der Waals surface area contributed by atoms with E-state index in [2.05, 4.69) is 5.32 Å². The summed E-state index contributed by atoms with van der Waals surface area (Å²) >= 11 is 0. The van der Waals surface area contributed by atoms with Crippen molar-refractivity contribution in [3.63, 3.8) is 0 Å². The molecule has 1 aliphatic rings. The van der Waals surface area contributed by atoms with Gasteiger partial charge in [-0.15, -0.1) is 0 Å². The van der Waals surface area contributed by atoms with E-state index >= 15 is 0 Å². The van der Waals surface area contributed by atoms with Gasteiger partial charge in [-0.3, -0.25) is 0 Å². The van der Waals surface area contributed by atoms with E-state index in [1.54, 1.807) is 7.11 Å². The number of benzene rings is 1. The van der Waals surface area contributed by atoms with Gasteiger partial charge in [-0.2, -0.15) is 0 Å². The van der Waals surface area contributed by atoms with E-state index in [1.165, 1.54) is 0 Å². The molecule has 1 aromatic rings. The highest BCUT2D eigenvalue weighted by atomic mass is 16.5. The van der Waals surface area contributed by atoms with Crippen LogP contribution < -0.4 is 14.8 Å². The van der Waals surface area contributed by atoms with Crippen molar-refractivity contribution in [2.75, 3.05) is 40.1 Å². The third kappa shape index (κ3) is 3.83. The summed E-state index contributed by atoms with van der Waals surface area (Å²) in [5, 5.41) is 12.7. The van der Waals surface area contributed by atoms with E-state index < -0.39 is 0 Å². The number of methoxy groups -OCH3 is 1. The Morgan fingerprint density at radius 1 is 1.32 bits per heavy atom. The van der Waals surface area contributed by atoms with Crippen molar-refractivity contribution in [1.29, 1.82) is 0 Å². The minimum absolute atomic E-state index is 0.0311. The SMILES string of the molecule is COCCNC(CO)c1ccc2c(c1)OCCCO2. The lowest BCUT2D eigenvalue weighted by molar-refractivity contribution is 0.184. The Hall–Kier alpha value is -1.30. The van der Waals surface area contributed by atoms with Crippen LogP contribution >= 0.6 is 0 Å². The minimum Gasteiger partial charge on any atom is -0.490 e. The van der Waals surface area contributed by atoms with Gasteiger partial charge >= 0.3 is 0 Å². The molecule has 0 bridgehead atoms. The van der Waals surface area contributed by atoms with Crippen LogP contribution in [-0.2, 0) is 4.74 Å². The summed E-state index contributed by atoms with van der Waals surface area (Å²) in [4.78, 5) is 0. The van der Waals surface area contributed by atoms with Gasteiger partial charge in [0.05, 0.1) is 32.5 Å². The zero-order valence-corrected chi connectivity index (χ0v) is 11.2. The average molecular weight is 267 g/mol. The van der Waals surface area contributed by atoms with Gasteiger partial charge in [0.1, 0.15) is 0 Å². The first-order chi connectivity index (χ1) is 9.35. The standard InChI is InChI=1S/C14H21NO4/c1-17-8-5-15-12(10-16)11-3-4-13-14(9-11)19-7-2-6-18-13/h3-4,9,12,15-16H,2,5-8,10H2,1H3. The lowest BCUT2D eigenvalue weighted by Crippen LogP contribution is -2.27. The van der Waals surface area contributed by atoms with Gasteiger partial charge in [0.2, 0.25) is 0 Å². The van der Waals surface area contributed by atoms with Gasteiger partial charge < -0.3 is 24.6 Å². The van der Waals surface area contributed by atoms with Gasteiger partial charge in [0.15, 0.2) is 11.5 Å². The lowest BCUT2D eigenvalue weighted by Gasteiger charge is -2.18. The molecular weight excluding hydrogens is 246 g/mol. The van der Waals surface area contributed by atoms with Crippen LogP contribution in [0.4, 0.5) is 0 Å². The summed E-state index contributed by atoms with van der Waals surface area (Å²) in [6.07, 6.45) is 0.888. The van der Waals surface area contributed by atoms with E-state index in [0.717, 1.165) is 23.5 Å². The molecule has 2 N–H and O–H groups in total. The van der Waals surface area contributed by atoms with Crippen LogP contribution in [0.5, 0.6) is 11.5 Å². The van der Waals surface area contributed by atoms with Crippen LogP contribution in [0.25, 0.3) is 0 Å². The molecule has 1 heterocycles. The first kappa shape index (κ1) is 14.1. The second kappa shape index (κ2) is 7.33. The molecule has 0 saturated heterocycles. The predicted molar refractivity (Wildman–Crippen MR) is 71.8 cm³/mol. The number of ether oxygens (including phenoxy) is 3. The summed E-state index contributed by atoms with van der Waals surface area (Å²) in [6, 6.07) is 5.67. The molecule has 2 rings (SSSR count). The Morgan fingerprint density at radius 3 is 2.84 bits per heavy atom. The van der Waals surface area contributed by atoms with Crippen LogP contribution in [0.1, 0.15) is 18.0 Å². The second-order valence-electron chi connectivity index (χ2n) is 4.44. The normalized spacial score (nSPS) is 15.9. The van der Waals surface area contributed by atoms with Gasteiger partial charge in [-0.05, 0) is 17.7 Å². The third-order valence-corrected chi connectivity index (χ3v) is 3.05.